The minimum atomic E-state index is -0.199. The second-order valence-corrected chi connectivity index (χ2v) is 10.4. The highest BCUT2D eigenvalue weighted by Crippen LogP contribution is 2.25. The second kappa shape index (κ2) is 14.7. The summed E-state index contributed by atoms with van der Waals surface area (Å²) in [6.45, 7) is 1.86. The SMILES string of the molecule is COCCN(CC(=O)N(Cc1cccn1Cc1ccccc1Cl)C1CCCCC1)C(=O)C=Cc1ccccc1. The van der Waals surface area contributed by atoms with Gasteiger partial charge in [0.25, 0.3) is 0 Å². The molecule has 0 atom stereocenters. The molecule has 0 N–H and O–H groups in total. The van der Waals surface area contributed by atoms with Crippen LogP contribution in [0.25, 0.3) is 6.08 Å². The van der Waals surface area contributed by atoms with Crippen molar-refractivity contribution in [3.63, 3.8) is 0 Å². The number of nitrogens with zero attached hydrogens (tertiary/aromatic N) is 3. The Bertz CT molecular complexity index is 1230. The van der Waals surface area contributed by atoms with E-state index >= 15 is 0 Å². The first-order valence-electron chi connectivity index (χ1n) is 13.7. The first-order chi connectivity index (χ1) is 19.0. The molecule has 2 aromatic carbocycles. The zero-order chi connectivity index (χ0) is 27.5. The monoisotopic (exact) mass is 547 g/mol. The van der Waals surface area contributed by atoms with Gasteiger partial charge in [0, 0.05) is 49.2 Å². The van der Waals surface area contributed by atoms with Crippen molar-refractivity contribution in [3.8, 4) is 0 Å². The van der Waals surface area contributed by atoms with Crippen molar-refractivity contribution in [2.24, 2.45) is 0 Å². The number of amides is 2. The number of aromatic nitrogens is 1. The first kappa shape index (κ1) is 28.7. The molecule has 0 saturated heterocycles. The lowest BCUT2D eigenvalue weighted by Crippen LogP contribution is -2.48. The topological polar surface area (TPSA) is 54.8 Å². The van der Waals surface area contributed by atoms with Gasteiger partial charge in [-0.3, -0.25) is 9.59 Å². The van der Waals surface area contributed by atoms with Crippen molar-refractivity contribution < 1.29 is 14.3 Å². The van der Waals surface area contributed by atoms with E-state index in [2.05, 4.69) is 10.6 Å². The average molecular weight is 548 g/mol. The highest BCUT2D eigenvalue weighted by Gasteiger charge is 2.28. The van der Waals surface area contributed by atoms with Gasteiger partial charge in [-0.1, -0.05) is 79.4 Å². The van der Waals surface area contributed by atoms with Crippen LogP contribution in [0.4, 0.5) is 0 Å². The molecule has 0 bridgehead atoms. The van der Waals surface area contributed by atoms with E-state index < -0.39 is 0 Å². The lowest BCUT2D eigenvalue weighted by molar-refractivity contribution is -0.141. The number of methoxy groups -OCH3 is 1. The van der Waals surface area contributed by atoms with Crippen LogP contribution in [0.5, 0.6) is 0 Å². The van der Waals surface area contributed by atoms with Crippen molar-refractivity contribution in [3.05, 3.63) is 101 Å². The third-order valence-electron chi connectivity index (χ3n) is 7.31. The standard InChI is InChI=1S/C32H38ClN3O3/c1-39-22-21-35(31(37)19-18-26-11-4-2-5-12-26)25-32(38)36(28-14-6-3-7-15-28)24-29-16-10-20-34(29)23-27-13-8-9-17-30(27)33/h2,4-5,8-13,16-20,28H,3,6-7,14-15,21-25H2,1H3. The van der Waals surface area contributed by atoms with E-state index in [1.165, 1.54) is 12.5 Å². The molecular formula is C32H38ClN3O3. The zero-order valence-electron chi connectivity index (χ0n) is 22.7. The third kappa shape index (κ3) is 8.32. The van der Waals surface area contributed by atoms with Crippen molar-refractivity contribution in [2.45, 2.75) is 51.2 Å². The predicted octanol–water partition coefficient (Wildman–Crippen LogP) is 6.04. The molecule has 3 aromatic rings. The molecule has 1 saturated carbocycles. The maximum absolute atomic E-state index is 13.9. The highest BCUT2D eigenvalue weighted by atomic mass is 35.5. The summed E-state index contributed by atoms with van der Waals surface area (Å²) in [5, 5.41) is 0.730. The molecule has 0 aliphatic heterocycles. The highest BCUT2D eigenvalue weighted by molar-refractivity contribution is 6.31. The van der Waals surface area contributed by atoms with Gasteiger partial charge in [0.15, 0.2) is 0 Å². The van der Waals surface area contributed by atoms with Crippen LogP contribution in [0.1, 0.15) is 48.9 Å². The van der Waals surface area contributed by atoms with Crippen LogP contribution < -0.4 is 0 Å². The number of rotatable bonds is 12. The van der Waals surface area contributed by atoms with Crippen LogP contribution in [0.3, 0.4) is 0 Å². The molecule has 39 heavy (non-hydrogen) atoms. The summed E-state index contributed by atoms with van der Waals surface area (Å²) in [6.07, 6.45) is 10.7. The fraction of sp³-hybridized carbons (Fsp3) is 0.375. The van der Waals surface area contributed by atoms with Crippen molar-refractivity contribution in [1.82, 2.24) is 14.4 Å². The van der Waals surface area contributed by atoms with Crippen molar-refractivity contribution in [1.29, 1.82) is 0 Å². The van der Waals surface area contributed by atoms with E-state index in [0.717, 1.165) is 47.5 Å². The zero-order valence-corrected chi connectivity index (χ0v) is 23.4. The summed E-state index contributed by atoms with van der Waals surface area (Å²) in [7, 11) is 1.60. The largest absolute Gasteiger partial charge is 0.383 e. The van der Waals surface area contributed by atoms with Crippen LogP contribution in [-0.4, -0.2) is 59.0 Å². The Labute approximate surface area is 236 Å². The van der Waals surface area contributed by atoms with E-state index in [-0.39, 0.29) is 24.4 Å². The van der Waals surface area contributed by atoms with E-state index in [4.69, 9.17) is 16.3 Å². The Hall–Kier alpha value is -3.35. The Kier molecular flexibility index (Phi) is 10.8. The van der Waals surface area contributed by atoms with Gasteiger partial charge in [-0.2, -0.15) is 0 Å². The summed E-state index contributed by atoms with van der Waals surface area (Å²) in [4.78, 5) is 30.6. The van der Waals surface area contributed by atoms with Gasteiger partial charge in [-0.25, -0.2) is 0 Å². The molecule has 1 aliphatic rings. The summed E-state index contributed by atoms with van der Waals surface area (Å²) in [5.74, 6) is -0.236. The molecule has 1 fully saturated rings. The van der Waals surface area contributed by atoms with Crippen LogP contribution in [0.15, 0.2) is 79.0 Å². The van der Waals surface area contributed by atoms with Crippen LogP contribution in [-0.2, 0) is 27.4 Å². The lowest BCUT2D eigenvalue weighted by atomic mass is 9.94. The fourth-order valence-corrected chi connectivity index (χ4v) is 5.30. The molecule has 7 heteroatoms. The van der Waals surface area contributed by atoms with Gasteiger partial charge in [0.2, 0.25) is 11.8 Å². The molecule has 1 aliphatic carbocycles. The molecule has 0 spiro atoms. The number of carbonyl (C=O) groups excluding carboxylic acids is 2. The third-order valence-corrected chi connectivity index (χ3v) is 7.68. The first-order valence-corrected chi connectivity index (χ1v) is 14.1. The quantitative estimate of drug-likeness (QED) is 0.260. The fourth-order valence-electron chi connectivity index (χ4n) is 5.11. The Morgan fingerprint density at radius 3 is 2.49 bits per heavy atom. The van der Waals surface area contributed by atoms with Crippen LogP contribution >= 0.6 is 11.6 Å². The number of benzene rings is 2. The Morgan fingerprint density at radius 2 is 1.74 bits per heavy atom. The van der Waals surface area contributed by atoms with Gasteiger partial charge in [-0.15, -0.1) is 0 Å². The van der Waals surface area contributed by atoms with E-state index in [1.54, 1.807) is 18.1 Å². The maximum Gasteiger partial charge on any atom is 0.247 e. The summed E-state index contributed by atoms with van der Waals surface area (Å²) in [5.41, 5.74) is 3.02. The van der Waals surface area contributed by atoms with Gasteiger partial charge < -0.3 is 19.1 Å². The molecule has 206 valence electrons. The number of halogens is 1. The van der Waals surface area contributed by atoms with E-state index in [9.17, 15) is 9.59 Å². The molecule has 6 nitrogen and oxygen atoms in total. The predicted molar refractivity (Wildman–Crippen MR) is 156 cm³/mol. The molecule has 1 heterocycles. The van der Waals surface area contributed by atoms with E-state index in [1.807, 2.05) is 71.8 Å². The smallest absolute Gasteiger partial charge is 0.247 e. The van der Waals surface area contributed by atoms with Crippen molar-refractivity contribution in [2.75, 3.05) is 26.8 Å². The number of carbonyl (C=O) groups is 2. The van der Waals surface area contributed by atoms with Gasteiger partial charge in [-0.05, 0) is 48.2 Å². The van der Waals surface area contributed by atoms with Crippen LogP contribution in [0, 0.1) is 0 Å². The molecule has 4 rings (SSSR count). The Balaban J connectivity index is 1.52. The molecule has 0 unspecified atom stereocenters. The average Bonchev–Trinajstić information content (AvgIpc) is 3.41. The van der Waals surface area contributed by atoms with Crippen molar-refractivity contribution >= 4 is 29.5 Å². The number of hydrogen-bond donors (Lipinski definition) is 0. The minimum absolute atomic E-state index is 0.0169. The number of ether oxygens (including phenoxy) is 1. The number of hydrogen-bond acceptors (Lipinski definition) is 3. The van der Waals surface area contributed by atoms with E-state index in [0.29, 0.717) is 26.2 Å². The summed E-state index contributed by atoms with van der Waals surface area (Å²) < 4.78 is 7.41. The van der Waals surface area contributed by atoms with Gasteiger partial charge >= 0.3 is 0 Å². The Morgan fingerprint density at radius 1 is 1.00 bits per heavy atom. The molecule has 1 aromatic heterocycles. The second-order valence-electron chi connectivity index (χ2n) is 10.0. The summed E-state index contributed by atoms with van der Waals surface area (Å²) in [6, 6.07) is 21.8. The maximum atomic E-state index is 13.9. The minimum Gasteiger partial charge on any atom is -0.383 e. The molecule has 0 radical (unpaired) electrons. The summed E-state index contributed by atoms with van der Waals surface area (Å²) >= 11 is 6.43. The van der Waals surface area contributed by atoms with Crippen LogP contribution in [0.2, 0.25) is 5.02 Å². The molecular weight excluding hydrogens is 510 g/mol. The lowest BCUT2D eigenvalue weighted by Gasteiger charge is -2.36. The normalized spacial score (nSPS) is 14.0. The van der Waals surface area contributed by atoms with Gasteiger partial charge in [0.05, 0.1) is 13.2 Å². The molecule has 2 amide bonds. The van der Waals surface area contributed by atoms with Gasteiger partial charge in [0.1, 0.15) is 6.54 Å².